The van der Waals surface area contributed by atoms with Crippen LogP contribution in [0.15, 0.2) is 23.4 Å². The van der Waals surface area contributed by atoms with Gasteiger partial charge in [0.2, 0.25) is 0 Å². The van der Waals surface area contributed by atoms with Crippen molar-refractivity contribution in [2.45, 2.75) is 59.3 Å². The Bertz CT molecular complexity index is 751. The summed E-state index contributed by atoms with van der Waals surface area (Å²) in [7, 11) is 5.58. The van der Waals surface area contributed by atoms with Gasteiger partial charge < -0.3 is 29.8 Å². The highest BCUT2D eigenvalue weighted by molar-refractivity contribution is 5.86. The van der Waals surface area contributed by atoms with Crippen LogP contribution in [0.1, 0.15) is 59.3 Å². The van der Waals surface area contributed by atoms with Gasteiger partial charge in [0, 0.05) is 51.2 Å². The number of quaternary nitrogens is 1. The minimum absolute atomic E-state index is 0.0890. The fourth-order valence-corrected chi connectivity index (χ4v) is 3.16. The number of nitrogens with one attached hydrogen (secondary N) is 1. The van der Waals surface area contributed by atoms with Crippen molar-refractivity contribution in [3.05, 3.63) is 23.4 Å². The molecular weight excluding hydrogens is 458 g/mol. The van der Waals surface area contributed by atoms with E-state index in [4.69, 9.17) is 14.9 Å². The molecule has 0 fully saturated rings. The van der Waals surface area contributed by atoms with E-state index in [1.807, 2.05) is 21.0 Å². The fourth-order valence-electron chi connectivity index (χ4n) is 3.16. The lowest BCUT2D eigenvalue weighted by atomic mass is 10.1. The quantitative estimate of drug-likeness (QED) is 0.0868. The van der Waals surface area contributed by atoms with Crippen molar-refractivity contribution >= 4 is 23.9 Å². The Hall–Kier alpha value is -2.92. The summed E-state index contributed by atoms with van der Waals surface area (Å²) in [5, 5.41) is 27.8. The molecule has 1 atom stereocenters. The van der Waals surface area contributed by atoms with E-state index >= 15 is 0 Å². The van der Waals surface area contributed by atoms with E-state index in [0.29, 0.717) is 54.7 Å². The summed E-state index contributed by atoms with van der Waals surface area (Å²) in [6.45, 7) is 10.8. The summed E-state index contributed by atoms with van der Waals surface area (Å²) < 4.78 is 5.57. The molecule has 35 heavy (non-hydrogen) atoms. The molecule has 11 heteroatoms. The molecule has 0 rings (SSSR count). The predicted octanol–water partition coefficient (Wildman–Crippen LogP) is 1.16. The number of hydrogen-bond acceptors (Lipinski definition) is 8. The molecule has 0 aliphatic heterocycles. The largest absolute Gasteiger partial charge is 0.545 e. The molecule has 0 heterocycles. The first-order chi connectivity index (χ1) is 16.2. The van der Waals surface area contributed by atoms with Crippen molar-refractivity contribution < 1.29 is 43.8 Å². The van der Waals surface area contributed by atoms with E-state index in [9.17, 15) is 24.3 Å². The van der Waals surface area contributed by atoms with Crippen LogP contribution in [0.5, 0.6) is 0 Å². The fraction of sp³-hybridized carbons (Fsp3) is 0.667. The van der Waals surface area contributed by atoms with Crippen molar-refractivity contribution in [3.63, 3.8) is 0 Å². The van der Waals surface area contributed by atoms with Crippen LogP contribution in [0.3, 0.4) is 0 Å². The van der Waals surface area contributed by atoms with Gasteiger partial charge in [-0.2, -0.15) is 5.43 Å². The number of hydrogen-bond donors (Lipinski definition) is 3. The summed E-state index contributed by atoms with van der Waals surface area (Å²) in [5.74, 6) is -3.17. The zero-order valence-electron chi connectivity index (χ0n) is 22.0. The standard InChI is InChI=1S/C13H24N2O4.C11H19NO4/c1-11(2)13(18)19-10-6-9-15(4,14-3)8-5-7-12(16)17;1-4-9(8(2)11(15)16)12(3)7-5-6-10(13)14/h14H,1,5-10H2,2-4H3;4-7H2,1-3H3,(H,13,14)(H,15,16). The Labute approximate surface area is 208 Å². The number of carbonyl (C=O) groups is 4. The molecule has 0 saturated carbocycles. The minimum Gasteiger partial charge on any atom is -0.545 e. The molecule has 0 aliphatic rings. The highest BCUT2D eigenvalue weighted by Crippen LogP contribution is 2.13. The Kier molecular flexibility index (Phi) is 18.0. The van der Waals surface area contributed by atoms with Crippen LogP contribution in [0.4, 0.5) is 0 Å². The van der Waals surface area contributed by atoms with Crippen LogP contribution in [-0.4, -0.2) is 91.0 Å². The summed E-state index contributed by atoms with van der Waals surface area (Å²) in [4.78, 5) is 44.5. The van der Waals surface area contributed by atoms with E-state index in [2.05, 4.69) is 12.0 Å². The summed E-state index contributed by atoms with van der Waals surface area (Å²) in [5.41, 5.74) is 4.44. The van der Waals surface area contributed by atoms with Gasteiger partial charge in [0.15, 0.2) is 0 Å². The number of carboxylic acid groups (broad SMARTS) is 3. The van der Waals surface area contributed by atoms with E-state index in [-0.39, 0.29) is 24.4 Å². The van der Waals surface area contributed by atoms with Gasteiger partial charge in [0.1, 0.15) is 0 Å². The number of ether oxygens (including phenoxy) is 1. The highest BCUT2D eigenvalue weighted by atomic mass is 16.5. The number of esters is 1. The number of carbonyl (C=O) groups excluding carboxylic acids is 2. The monoisotopic (exact) mass is 501 g/mol. The molecule has 1 unspecified atom stereocenters. The number of nitrogens with zero attached hydrogens (tertiary/aromatic N) is 2. The Morgan fingerprint density at radius 2 is 1.54 bits per heavy atom. The summed E-state index contributed by atoms with van der Waals surface area (Å²) in [6, 6.07) is 0. The summed E-state index contributed by atoms with van der Waals surface area (Å²) >= 11 is 0. The second kappa shape index (κ2) is 18.4. The van der Waals surface area contributed by atoms with Crippen LogP contribution in [0, 0.1) is 0 Å². The molecule has 0 aromatic carbocycles. The third-order valence-corrected chi connectivity index (χ3v) is 5.38. The smallest absolute Gasteiger partial charge is 0.333 e. The maximum Gasteiger partial charge on any atom is 0.333 e. The van der Waals surface area contributed by atoms with Crippen LogP contribution < -0.4 is 10.5 Å². The molecule has 0 spiro atoms. The van der Waals surface area contributed by atoms with E-state index < -0.39 is 17.9 Å². The van der Waals surface area contributed by atoms with E-state index in [0.717, 1.165) is 13.1 Å². The minimum atomic E-state index is -1.18. The molecule has 0 aliphatic carbocycles. The lowest BCUT2D eigenvalue weighted by Crippen LogP contribution is -2.54. The zero-order chi connectivity index (χ0) is 27.6. The first kappa shape index (κ1) is 34.2. The second-order valence-electron chi connectivity index (χ2n) is 8.47. The number of carboxylic acids is 3. The van der Waals surface area contributed by atoms with E-state index in [1.54, 1.807) is 18.9 Å². The Balaban J connectivity index is 0. The van der Waals surface area contributed by atoms with Gasteiger partial charge >= 0.3 is 17.9 Å². The average Bonchev–Trinajstić information content (AvgIpc) is 2.76. The SMILES string of the molecule is C=C(C)C(=O)OCCC[N+](C)(CCCC(=O)O)NC.CCC(=C(C)C(=O)[O-])N(C)CCCC(=O)O. The molecule has 0 radical (unpaired) electrons. The molecule has 0 aromatic heterocycles. The Morgan fingerprint density at radius 1 is 1.03 bits per heavy atom. The van der Waals surface area contributed by atoms with Gasteiger partial charge in [-0.15, -0.1) is 0 Å². The van der Waals surface area contributed by atoms with Crippen molar-refractivity contribution in [3.8, 4) is 0 Å². The second-order valence-corrected chi connectivity index (χ2v) is 8.47. The first-order valence-electron chi connectivity index (χ1n) is 11.6. The van der Waals surface area contributed by atoms with Gasteiger partial charge in [0.25, 0.3) is 0 Å². The normalized spacial score (nSPS) is 12.9. The molecule has 0 amide bonds. The lowest BCUT2D eigenvalue weighted by molar-refractivity contribution is -0.950. The first-order valence-corrected chi connectivity index (χ1v) is 11.6. The van der Waals surface area contributed by atoms with Gasteiger partial charge in [-0.25, -0.2) is 9.39 Å². The molecule has 202 valence electrons. The van der Waals surface area contributed by atoms with Crippen LogP contribution >= 0.6 is 0 Å². The maximum absolute atomic E-state index is 11.2. The van der Waals surface area contributed by atoms with Gasteiger partial charge in [-0.3, -0.25) is 9.59 Å². The van der Waals surface area contributed by atoms with Crippen LogP contribution in [-0.2, 0) is 23.9 Å². The number of rotatable bonds is 17. The topological polar surface area (TPSA) is 156 Å². The summed E-state index contributed by atoms with van der Waals surface area (Å²) in [6.07, 6.45) is 2.66. The molecule has 0 bridgehead atoms. The van der Waals surface area contributed by atoms with Crippen molar-refractivity contribution in [1.29, 1.82) is 0 Å². The van der Waals surface area contributed by atoms with Crippen molar-refractivity contribution in [1.82, 2.24) is 10.3 Å². The van der Waals surface area contributed by atoms with Gasteiger partial charge in [0.05, 0.1) is 39.1 Å². The van der Waals surface area contributed by atoms with Crippen molar-refractivity contribution in [2.75, 3.05) is 47.4 Å². The molecule has 3 N–H and O–H groups in total. The zero-order valence-corrected chi connectivity index (χ0v) is 22.0. The van der Waals surface area contributed by atoms with Crippen molar-refractivity contribution in [2.24, 2.45) is 0 Å². The average molecular weight is 502 g/mol. The Morgan fingerprint density at radius 3 is 1.97 bits per heavy atom. The van der Waals surface area contributed by atoms with Crippen LogP contribution in [0.25, 0.3) is 0 Å². The van der Waals surface area contributed by atoms with E-state index in [1.165, 1.54) is 6.92 Å². The highest BCUT2D eigenvalue weighted by Gasteiger charge is 2.20. The third kappa shape index (κ3) is 17.2. The molecule has 0 aromatic rings. The molecule has 0 saturated heterocycles. The predicted molar refractivity (Wildman–Crippen MR) is 130 cm³/mol. The molecular formula is C24H43N3O8. The number of aliphatic carboxylic acids is 3. The van der Waals surface area contributed by atoms with Gasteiger partial charge in [-0.05, 0) is 32.3 Å². The van der Waals surface area contributed by atoms with Crippen LogP contribution in [0.2, 0.25) is 0 Å². The lowest BCUT2D eigenvalue weighted by Gasteiger charge is -2.32. The molecule has 11 nitrogen and oxygen atoms in total. The maximum atomic E-state index is 11.2. The van der Waals surface area contributed by atoms with Gasteiger partial charge in [-0.1, -0.05) is 13.5 Å². The number of allylic oxidation sites excluding steroid dienone is 1. The third-order valence-electron chi connectivity index (χ3n) is 5.38.